The van der Waals surface area contributed by atoms with Crippen LogP contribution in [-0.4, -0.2) is 58.1 Å². The van der Waals surface area contributed by atoms with Crippen LogP contribution >= 0.6 is 22.9 Å². The molecule has 0 aliphatic carbocycles. The van der Waals surface area contributed by atoms with Gasteiger partial charge in [-0.05, 0) is 38.4 Å². The van der Waals surface area contributed by atoms with Crippen molar-refractivity contribution in [3.05, 3.63) is 17.7 Å². The number of thiazole rings is 1. The molecule has 2 aromatic rings. The second-order valence-corrected chi connectivity index (χ2v) is 8.41. The Morgan fingerprint density at radius 2 is 1.88 bits per heavy atom. The lowest BCUT2D eigenvalue weighted by Crippen LogP contribution is -2.50. The van der Waals surface area contributed by atoms with Crippen LogP contribution in [0, 0.1) is 0 Å². The van der Waals surface area contributed by atoms with Gasteiger partial charge in [0.1, 0.15) is 11.4 Å². The van der Waals surface area contributed by atoms with Gasteiger partial charge < -0.3 is 19.6 Å². The van der Waals surface area contributed by atoms with Gasteiger partial charge in [-0.15, -0.1) is 0 Å². The van der Waals surface area contributed by atoms with Crippen LogP contribution in [0.4, 0.5) is 9.93 Å². The maximum Gasteiger partial charge on any atom is 0.410 e. The van der Waals surface area contributed by atoms with Crippen LogP contribution in [-0.2, 0) is 4.74 Å². The van der Waals surface area contributed by atoms with Crippen molar-refractivity contribution in [3.8, 4) is 5.75 Å². The summed E-state index contributed by atoms with van der Waals surface area (Å²) in [7, 11) is 0. The van der Waals surface area contributed by atoms with E-state index in [9.17, 15) is 14.7 Å². The van der Waals surface area contributed by atoms with Crippen molar-refractivity contribution in [1.82, 2.24) is 9.88 Å². The first-order chi connectivity index (χ1) is 12.1. The van der Waals surface area contributed by atoms with E-state index < -0.39 is 10.8 Å². The van der Waals surface area contributed by atoms with Gasteiger partial charge in [0.05, 0.1) is 15.8 Å². The zero-order valence-electron chi connectivity index (χ0n) is 14.8. The standard InChI is InChI=1S/C17H20ClN3O4S/c1-17(2,3)25-16(24)21-6-4-20(5-7-21)15-19-11-9-12(22)10(14(18)23)8-13(11)26-15/h8-9,22H,4-7H2,1-3H3. The van der Waals surface area contributed by atoms with Gasteiger partial charge in [0.15, 0.2) is 5.13 Å². The molecular weight excluding hydrogens is 378 g/mol. The third-order valence-corrected chi connectivity index (χ3v) is 5.19. The van der Waals surface area contributed by atoms with Crippen molar-refractivity contribution < 1.29 is 19.4 Å². The van der Waals surface area contributed by atoms with Crippen LogP contribution in [0.2, 0.25) is 0 Å². The van der Waals surface area contributed by atoms with Crippen LogP contribution in [0.3, 0.4) is 0 Å². The van der Waals surface area contributed by atoms with Crippen LogP contribution in [0.1, 0.15) is 31.1 Å². The number of ether oxygens (including phenoxy) is 1. The average Bonchev–Trinajstić information content (AvgIpc) is 2.95. The van der Waals surface area contributed by atoms with Gasteiger partial charge in [0.2, 0.25) is 0 Å². The van der Waals surface area contributed by atoms with Crippen molar-refractivity contribution in [2.75, 3.05) is 31.1 Å². The molecule has 2 heterocycles. The molecule has 0 saturated carbocycles. The highest BCUT2D eigenvalue weighted by Crippen LogP contribution is 2.34. The summed E-state index contributed by atoms with van der Waals surface area (Å²) >= 11 is 6.90. The fraction of sp³-hybridized carbons (Fsp3) is 0.471. The lowest BCUT2D eigenvalue weighted by Gasteiger charge is -2.35. The number of benzene rings is 1. The SMILES string of the molecule is CC(C)(C)OC(=O)N1CCN(c2nc3cc(O)c(C(=O)Cl)cc3s2)CC1. The largest absolute Gasteiger partial charge is 0.507 e. The Hall–Kier alpha value is -2.06. The number of hydrogen-bond acceptors (Lipinski definition) is 7. The number of hydrogen-bond donors (Lipinski definition) is 1. The Morgan fingerprint density at radius 1 is 1.23 bits per heavy atom. The molecule has 0 unspecified atom stereocenters. The molecule has 1 aliphatic rings. The highest BCUT2D eigenvalue weighted by molar-refractivity contribution is 7.22. The smallest absolute Gasteiger partial charge is 0.410 e. The van der Waals surface area contributed by atoms with Gasteiger partial charge in [0.25, 0.3) is 5.24 Å². The van der Waals surface area contributed by atoms with Gasteiger partial charge >= 0.3 is 6.09 Å². The molecule has 1 aromatic heterocycles. The minimum Gasteiger partial charge on any atom is -0.507 e. The molecule has 1 fully saturated rings. The number of aromatic nitrogens is 1. The molecular formula is C17H20ClN3O4S. The van der Waals surface area contributed by atoms with E-state index in [1.807, 2.05) is 20.8 Å². The molecule has 1 aliphatic heterocycles. The monoisotopic (exact) mass is 397 g/mol. The summed E-state index contributed by atoms with van der Waals surface area (Å²) in [6.07, 6.45) is -0.309. The van der Waals surface area contributed by atoms with Gasteiger partial charge in [0, 0.05) is 32.2 Å². The zero-order chi connectivity index (χ0) is 19.1. The van der Waals surface area contributed by atoms with E-state index in [4.69, 9.17) is 16.3 Å². The Bertz CT molecular complexity index is 854. The summed E-state index contributed by atoms with van der Waals surface area (Å²) < 4.78 is 6.17. The normalized spacial score (nSPS) is 15.4. The number of fused-ring (bicyclic) bond motifs is 1. The van der Waals surface area contributed by atoms with Crippen molar-refractivity contribution >= 4 is 49.6 Å². The topological polar surface area (TPSA) is 83.0 Å². The van der Waals surface area contributed by atoms with E-state index >= 15 is 0 Å². The third-order valence-electron chi connectivity index (χ3n) is 3.91. The summed E-state index contributed by atoms with van der Waals surface area (Å²) in [6.45, 7) is 7.88. The molecule has 1 N–H and O–H groups in total. The average molecular weight is 398 g/mol. The number of carbonyl (C=O) groups excluding carboxylic acids is 2. The number of anilines is 1. The molecule has 3 rings (SSSR count). The van der Waals surface area contributed by atoms with Crippen molar-refractivity contribution in [1.29, 1.82) is 0 Å². The second-order valence-electron chi connectivity index (χ2n) is 7.06. The number of halogens is 1. The molecule has 0 bridgehead atoms. The lowest BCUT2D eigenvalue weighted by molar-refractivity contribution is 0.0240. The Morgan fingerprint density at radius 3 is 2.46 bits per heavy atom. The summed E-state index contributed by atoms with van der Waals surface area (Å²) in [5.74, 6) is -0.177. The van der Waals surface area contributed by atoms with Gasteiger partial charge in [-0.3, -0.25) is 4.79 Å². The summed E-state index contributed by atoms with van der Waals surface area (Å²) in [5, 5.41) is 9.95. The van der Waals surface area contributed by atoms with Gasteiger partial charge in [-0.25, -0.2) is 9.78 Å². The van der Waals surface area contributed by atoms with E-state index in [0.29, 0.717) is 31.7 Å². The number of aromatic hydroxyl groups is 1. The van der Waals surface area contributed by atoms with E-state index in [-0.39, 0.29) is 17.4 Å². The molecule has 0 radical (unpaired) electrons. The predicted molar refractivity (Wildman–Crippen MR) is 101 cm³/mol. The van der Waals surface area contributed by atoms with Gasteiger partial charge in [-0.2, -0.15) is 0 Å². The number of amides is 1. The lowest BCUT2D eigenvalue weighted by atomic mass is 10.2. The van der Waals surface area contributed by atoms with Crippen molar-refractivity contribution in [2.24, 2.45) is 0 Å². The Balaban J connectivity index is 1.71. The summed E-state index contributed by atoms with van der Waals surface area (Å²) in [4.78, 5) is 31.8. The summed E-state index contributed by atoms with van der Waals surface area (Å²) in [6, 6.07) is 3.00. The van der Waals surface area contributed by atoms with Gasteiger partial charge in [-0.1, -0.05) is 11.3 Å². The van der Waals surface area contributed by atoms with E-state index in [1.165, 1.54) is 17.4 Å². The van der Waals surface area contributed by atoms with Crippen molar-refractivity contribution in [3.63, 3.8) is 0 Å². The van der Waals surface area contributed by atoms with E-state index in [1.54, 1.807) is 11.0 Å². The zero-order valence-corrected chi connectivity index (χ0v) is 16.4. The Labute approximate surface area is 160 Å². The fourth-order valence-electron chi connectivity index (χ4n) is 2.65. The number of piperazine rings is 1. The Kier molecular flexibility index (Phi) is 4.98. The molecule has 9 heteroatoms. The number of nitrogens with zero attached hydrogens (tertiary/aromatic N) is 3. The first-order valence-electron chi connectivity index (χ1n) is 8.20. The molecule has 1 aromatic carbocycles. The fourth-order valence-corrected chi connectivity index (χ4v) is 3.84. The maximum absolute atomic E-state index is 12.1. The second kappa shape index (κ2) is 6.92. The predicted octanol–water partition coefficient (Wildman–Crippen LogP) is 3.44. The third kappa shape index (κ3) is 4.02. The number of phenolic OH excluding ortho intramolecular Hbond substituents is 1. The minimum absolute atomic E-state index is 0.0733. The molecule has 0 atom stereocenters. The van der Waals surface area contributed by atoms with E-state index in [2.05, 4.69) is 9.88 Å². The number of phenols is 1. The van der Waals surface area contributed by atoms with Crippen LogP contribution < -0.4 is 4.90 Å². The van der Waals surface area contributed by atoms with E-state index in [0.717, 1.165) is 9.83 Å². The number of carbonyl (C=O) groups is 2. The van der Waals surface area contributed by atoms with Crippen molar-refractivity contribution in [2.45, 2.75) is 26.4 Å². The maximum atomic E-state index is 12.1. The quantitative estimate of drug-likeness (QED) is 0.781. The first-order valence-corrected chi connectivity index (χ1v) is 9.40. The molecule has 140 valence electrons. The highest BCUT2D eigenvalue weighted by Gasteiger charge is 2.27. The molecule has 1 amide bonds. The van der Waals surface area contributed by atoms with Crippen LogP contribution in [0.5, 0.6) is 5.75 Å². The molecule has 1 saturated heterocycles. The first kappa shape index (κ1) is 18.7. The molecule has 0 spiro atoms. The number of rotatable bonds is 2. The van der Waals surface area contributed by atoms with Crippen LogP contribution in [0.15, 0.2) is 12.1 Å². The molecule has 7 nitrogen and oxygen atoms in total. The summed E-state index contributed by atoms with van der Waals surface area (Å²) in [5.41, 5.74) is 0.170. The minimum atomic E-state index is -0.703. The molecule has 26 heavy (non-hydrogen) atoms. The highest BCUT2D eigenvalue weighted by atomic mass is 35.5. The van der Waals surface area contributed by atoms with Crippen LogP contribution in [0.25, 0.3) is 10.2 Å².